The van der Waals surface area contributed by atoms with Crippen molar-refractivity contribution in [2.24, 2.45) is 0 Å². The second-order valence-corrected chi connectivity index (χ2v) is 6.35. The third-order valence-corrected chi connectivity index (χ3v) is 4.06. The molecule has 0 aliphatic rings. The van der Waals surface area contributed by atoms with Gasteiger partial charge in [0.2, 0.25) is 0 Å². The summed E-state index contributed by atoms with van der Waals surface area (Å²) in [5.41, 5.74) is -0.597. The molecule has 3 aromatic rings. The Bertz CT molecular complexity index is 1040. The Morgan fingerprint density at radius 1 is 1.17 bits per heavy atom. The number of alkyl halides is 6. The highest BCUT2D eigenvalue weighted by Crippen LogP contribution is 2.31. The monoisotopic (exact) mass is 432 g/mol. The van der Waals surface area contributed by atoms with E-state index in [9.17, 15) is 31.1 Å². The van der Waals surface area contributed by atoms with E-state index in [0.29, 0.717) is 5.69 Å². The number of rotatable bonds is 5. The van der Waals surface area contributed by atoms with Gasteiger partial charge in [-0.2, -0.15) is 31.4 Å². The van der Waals surface area contributed by atoms with Crippen molar-refractivity contribution in [1.29, 1.82) is 0 Å². The van der Waals surface area contributed by atoms with Gasteiger partial charge in [0.1, 0.15) is 5.75 Å². The molecule has 0 aliphatic carbocycles. The van der Waals surface area contributed by atoms with Crippen molar-refractivity contribution < 1.29 is 35.9 Å². The fourth-order valence-electron chi connectivity index (χ4n) is 2.61. The first-order valence-corrected chi connectivity index (χ1v) is 8.46. The molecule has 30 heavy (non-hydrogen) atoms. The van der Waals surface area contributed by atoms with E-state index in [1.807, 2.05) is 0 Å². The van der Waals surface area contributed by atoms with E-state index >= 15 is 0 Å². The molecule has 3 rings (SSSR count). The van der Waals surface area contributed by atoms with E-state index in [2.05, 4.69) is 25.2 Å². The van der Waals surface area contributed by atoms with Crippen molar-refractivity contribution >= 4 is 16.8 Å². The average molecular weight is 432 g/mol. The van der Waals surface area contributed by atoms with Crippen LogP contribution in [0.2, 0.25) is 0 Å². The summed E-state index contributed by atoms with van der Waals surface area (Å²) in [5.74, 6) is -0.749. The first kappa shape index (κ1) is 21.4. The topological polar surface area (TPSA) is 79.9 Å². The van der Waals surface area contributed by atoms with Gasteiger partial charge in [0.15, 0.2) is 12.3 Å². The molecule has 2 heterocycles. The van der Waals surface area contributed by atoms with Crippen LogP contribution in [-0.2, 0) is 6.18 Å². The summed E-state index contributed by atoms with van der Waals surface area (Å²) in [4.78, 5) is 16.4. The number of carbonyl (C=O) groups excluding carboxylic acids is 1. The van der Waals surface area contributed by atoms with Crippen LogP contribution in [-0.4, -0.2) is 33.9 Å². The third kappa shape index (κ3) is 4.99. The van der Waals surface area contributed by atoms with Crippen LogP contribution >= 0.6 is 0 Å². The van der Waals surface area contributed by atoms with Crippen molar-refractivity contribution in [1.82, 2.24) is 20.5 Å². The van der Waals surface area contributed by atoms with Gasteiger partial charge in [-0.25, -0.2) is 0 Å². The average Bonchev–Trinajstić information content (AvgIpc) is 3.09. The fraction of sp³-hybridized carbons (Fsp3) is 0.278. The lowest BCUT2D eigenvalue weighted by Crippen LogP contribution is -2.27. The molecule has 0 bridgehead atoms. The molecule has 1 atom stereocenters. The zero-order valence-electron chi connectivity index (χ0n) is 15.2. The second kappa shape index (κ2) is 7.84. The summed E-state index contributed by atoms with van der Waals surface area (Å²) in [6, 6.07) is 4.85. The van der Waals surface area contributed by atoms with Gasteiger partial charge in [-0.05, 0) is 37.3 Å². The molecule has 0 unspecified atom stereocenters. The highest BCUT2D eigenvalue weighted by atomic mass is 19.4. The van der Waals surface area contributed by atoms with Crippen molar-refractivity contribution in [3.05, 3.63) is 53.5 Å². The zero-order valence-corrected chi connectivity index (χ0v) is 15.2. The lowest BCUT2D eigenvalue weighted by Gasteiger charge is -2.14. The number of H-pyrrole nitrogens is 1. The van der Waals surface area contributed by atoms with Gasteiger partial charge in [0.05, 0.1) is 29.0 Å². The number of nitrogens with one attached hydrogen (secondary N) is 2. The summed E-state index contributed by atoms with van der Waals surface area (Å²) in [6.45, 7) is 0.121. The molecule has 12 heteroatoms. The number of pyridine rings is 1. The van der Waals surface area contributed by atoms with Crippen LogP contribution < -0.4 is 10.1 Å². The Balaban J connectivity index is 1.70. The molecular formula is C18H14F6N4O2. The molecule has 0 radical (unpaired) electrons. The fourth-order valence-corrected chi connectivity index (χ4v) is 2.61. The lowest BCUT2D eigenvalue weighted by molar-refractivity contribution is -0.153. The minimum atomic E-state index is -4.53. The molecule has 0 saturated carbocycles. The molecule has 1 aromatic carbocycles. The Hall–Kier alpha value is -3.31. The quantitative estimate of drug-likeness (QED) is 0.586. The largest absolute Gasteiger partial charge is 0.483 e. The first-order chi connectivity index (χ1) is 13.9. The number of aromatic amines is 1. The highest BCUT2D eigenvalue weighted by molar-refractivity contribution is 6.04. The number of nitrogens with zero attached hydrogens (tertiary/aromatic N) is 2. The van der Waals surface area contributed by atoms with Gasteiger partial charge >= 0.3 is 12.4 Å². The van der Waals surface area contributed by atoms with Gasteiger partial charge < -0.3 is 10.1 Å². The van der Waals surface area contributed by atoms with Crippen LogP contribution in [0.1, 0.15) is 34.7 Å². The Kier molecular flexibility index (Phi) is 5.59. The Morgan fingerprint density at radius 3 is 2.50 bits per heavy atom. The van der Waals surface area contributed by atoms with E-state index in [1.165, 1.54) is 12.1 Å². The maximum atomic E-state index is 12.8. The molecule has 6 nitrogen and oxygen atoms in total. The molecular weight excluding hydrogens is 418 g/mol. The second-order valence-electron chi connectivity index (χ2n) is 6.35. The van der Waals surface area contributed by atoms with E-state index in [1.54, 1.807) is 6.92 Å². The summed E-state index contributed by atoms with van der Waals surface area (Å²) in [5, 5.41) is 8.96. The molecule has 160 valence electrons. The number of amides is 1. The maximum absolute atomic E-state index is 12.8. The smallest absolute Gasteiger partial charge is 0.422 e. The summed E-state index contributed by atoms with van der Waals surface area (Å²) in [7, 11) is 0. The van der Waals surface area contributed by atoms with E-state index < -0.39 is 36.5 Å². The molecule has 1 amide bonds. The number of halogens is 6. The van der Waals surface area contributed by atoms with Crippen LogP contribution in [0, 0.1) is 0 Å². The molecule has 2 N–H and O–H groups in total. The number of carbonyl (C=O) groups is 1. The molecule has 0 spiro atoms. The van der Waals surface area contributed by atoms with E-state index in [4.69, 9.17) is 0 Å². The first-order valence-electron chi connectivity index (χ1n) is 8.46. The van der Waals surface area contributed by atoms with Crippen molar-refractivity contribution in [2.75, 3.05) is 6.61 Å². The maximum Gasteiger partial charge on any atom is 0.422 e. The molecule has 2 aromatic heterocycles. The standard InChI is InChI=1S/C18H14F6N4O2/c1-9(13-5-3-11(7-25-13)30-8-17(19,20)21)26-16(29)15-12-4-2-10(18(22,23)24)6-14(12)27-28-15/h2-7,9H,8H2,1H3,(H,26,29)(H,27,28)/t9-/m1/s1. The van der Waals surface area contributed by atoms with Gasteiger partial charge in [-0.1, -0.05) is 0 Å². The van der Waals surface area contributed by atoms with E-state index in [-0.39, 0.29) is 22.3 Å². The predicted octanol–water partition coefficient (Wildman–Crippen LogP) is 4.41. The summed E-state index contributed by atoms with van der Waals surface area (Å²) >= 11 is 0. The van der Waals surface area contributed by atoms with E-state index in [0.717, 1.165) is 24.4 Å². The number of fused-ring (bicyclic) bond motifs is 1. The van der Waals surface area contributed by atoms with Crippen molar-refractivity contribution in [2.45, 2.75) is 25.3 Å². The number of benzene rings is 1. The summed E-state index contributed by atoms with van der Waals surface area (Å²) < 4.78 is 79.4. The highest BCUT2D eigenvalue weighted by Gasteiger charge is 2.31. The minimum absolute atomic E-state index is 0.0481. The van der Waals surface area contributed by atoms with Crippen LogP contribution in [0.5, 0.6) is 5.75 Å². The van der Waals surface area contributed by atoms with Gasteiger partial charge in [0, 0.05) is 5.39 Å². The zero-order chi connectivity index (χ0) is 22.1. The van der Waals surface area contributed by atoms with Crippen LogP contribution in [0.4, 0.5) is 26.3 Å². The van der Waals surface area contributed by atoms with Crippen LogP contribution in [0.15, 0.2) is 36.5 Å². The van der Waals surface area contributed by atoms with Crippen molar-refractivity contribution in [3.63, 3.8) is 0 Å². The van der Waals surface area contributed by atoms with Gasteiger partial charge in [-0.15, -0.1) is 0 Å². The van der Waals surface area contributed by atoms with Crippen molar-refractivity contribution in [3.8, 4) is 5.75 Å². The lowest BCUT2D eigenvalue weighted by atomic mass is 10.1. The molecule has 0 saturated heterocycles. The number of aromatic nitrogens is 3. The number of hydrogen-bond acceptors (Lipinski definition) is 4. The molecule has 0 aliphatic heterocycles. The normalized spacial score (nSPS) is 13.3. The SMILES string of the molecule is C[C@@H](NC(=O)c1n[nH]c2cc(C(F)(F)F)ccc12)c1ccc(OCC(F)(F)F)cn1. The number of hydrogen-bond donors (Lipinski definition) is 2. The van der Waals surface area contributed by atoms with Gasteiger partial charge in [-0.3, -0.25) is 14.9 Å². The number of ether oxygens (including phenoxy) is 1. The third-order valence-electron chi connectivity index (χ3n) is 4.06. The summed E-state index contributed by atoms with van der Waals surface area (Å²) in [6.07, 6.45) is -7.92. The minimum Gasteiger partial charge on any atom is -0.483 e. The predicted molar refractivity (Wildman–Crippen MR) is 92.8 cm³/mol. The Morgan fingerprint density at radius 2 is 1.90 bits per heavy atom. The van der Waals surface area contributed by atoms with Crippen LogP contribution in [0.3, 0.4) is 0 Å². The Labute approximate surface area is 165 Å². The molecule has 0 fully saturated rings. The van der Waals surface area contributed by atoms with Gasteiger partial charge in [0.25, 0.3) is 5.91 Å². The van der Waals surface area contributed by atoms with Crippen LogP contribution in [0.25, 0.3) is 10.9 Å².